The van der Waals surface area contributed by atoms with Crippen molar-refractivity contribution in [1.29, 1.82) is 0 Å². The average molecular weight is 134 g/mol. The van der Waals surface area contributed by atoms with Crippen molar-refractivity contribution in [2.75, 3.05) is 7.11 Å². The van der Waals surface area contributed by atoms with Crippen molar-refractivity contribution in [2.24, 2.45) is 0 Å². The zero-order valence-electron chi connectivity index (χ0n) is 4.65. The third-order valence-electron chi connectivity index (χ3n) is 0.469. The molecule has 0 aromatic rings. The SMILES string of the molecule is COC(=O)C#CC(F)F. The van der Waals surface area contributed by atoms with Gasteiger partial charge in [0.2, 0.25) is 0 Å². The van der Waals surface area contributed by atoms with Crippen LogP contribution >= 0.6 is 0 Å². The molecule has 0 N–H and O–H groups in total. The Morgan fingerprint density at radius 2 is 2.22 bits per heavy atom. The maximum Gasteiger partial charge on any atom is 0.384 e. The predicted molar refractivity (Wildman–Crippen MR) is 25.8 cm³/mol. The van der Waals surface area contributed by atoms with E-state index in [1.165, 1.54) is 5.92 Å². The summed E-state index contributed by atoms with van der Waals surface area (Å²) >= 11 is 0. The minimum absolute atomic E-state index is 0.949. The Balaban J connectivity index is 3.73. The molecule has 0 aliphatic carbocycles. The van der Waals surface area contributed by atoms with Crippen LogP contribution in [0, 0.1) is 11.8 Å². The highest BCUT2D eigenvalue weighted by Crippen LogP contribution is 1.85. The molecule has 0 atom stereocenters. The van der Waals surface area contributed by atoms with E-state index in [-0.39, 0.29) is 0 Å². The van der Waals surface area contributed by atoms with Crippen LogP contribution in [0.3, 0.4) is 0 Å². The summed E-state index contributed by atoms with van der Waals surface area (Å²) in [5.41, 5.74) is 0. The number of ether oxygens (including phenoxy) is 1. The minimum atomic E-state index is -2.77. The minimum Gasteiger partial charge on any atom is -0.459 e. The topological polar surface area (TPSA) is 26.3 Å². The Labute approximate surface area is 50.8 Å². The Morgan fingerprint density at radius 3 is 2.56 bits per heavy atom. The third kappa shape index (κ3) is 4.75. The van der Waals surface area contributed by atoms with Crippen molar-refractivity contribution in [2.45, 2.75) is 6.43 Å². The molecule has 0 saturated carbocycles. The van der Waals surface area contributed by atoms with Gasteiger partial charge in [-0.05, 0) is 5.92 Å². The Morgan fingerprint density at radius 1 is 1.67 bits per heavy atom. The molecule has 2 nitrogen and oxygen atoms in total. The van der Waals surface area contributed by atoms with E-state index in [2.05, 4.69) is 4.74 Å². The Kier molecular flexibility index (Phi) is 3.37. The fourth-order valence-electron chi connectivity index (χ4n) is 0.165. The van der Waals surface area contributed by atoms with Crippen molar-refractivity contribution >= 4 is 5.97 Å². The van der Waals surface area contributed by atoms with Gasteiger partial charge < -0.3 is 4.74 Å². The van der Waals surface area contributed by atoms with Gasteiger partial charge in [0.1, 0.15) is 0 Å². The lowest BCUT2D eigenvalue weighted by Crippen LogP contribution is -1.95. The number of hydrogen-bond acceptors (Lipinski definition) is 2. The molecular formula is C5H4F2O2. The molecule has 0 fully saturated rings. The number of methoxy groups -OCH3 is 1. The first-order valence-corrected chi connectivity index (χ1v) is 2.04. The van der Waals surface area contributed by atoms with Crippen LogP contribution in [0.25, 0.3) is 0 Å². The summed E-state index contributed by atoms with van der Waals surface area (Å²) in [4.78, 5) is 9.99. The number of carbonyl (C=O) groups is 1. The van der Waals surface area contributed by atoms with Crippen LogP contribution in [0.5, 0.6) is 0 Å². The van der Waals surface area contributed by atoms with E-state index >= 15 is 0 Å². The summed E-state index contributed by atoms with van der Waals surface area (Å²) in [7, 11) is 1.07. The van der Waals surface area contributed by atoms with Crippen LogP contribution in [0.2, 0.25) is 0 Å². The van der Waals surface area contributed by atoms with E-state index in [9.17, 15) is 13.6 Å². The number of esters is 1. The lowest BCUT2D eigenvalue weighted by molar-refractivity contribution is -0.133. The van der Waals surface area contributed by atoms with Crippen molar-refractivity contribution in [1.82, 2.24) is 0 Å². The second kappa shape index (κ2) is 3.84. The van der Waals surface area contributed by atoms with Crippen molar-refractivity contribution in [3.05, 3.63) is 0 Å². The van der Waals surface area contributed by atoms with Crippen LogP contribution in [-0.2, 0) is 9.53 Å². The molecule has 0 heterocycles. The Hall–Kier alpha value is -1.11. The molecule has 0 unspecified atom stereocenters. The van der Waals surface area contributed by atoms with E-state index < -0.39 is 12.4 Å². The van der Waals surface area contributed by atoms with Crippen molar-refractivity contribution in [3.63, 3.8) is 0 Å². The lowest BCUT2D eigenvalue weighted by Gasteiger charge is -1.83. The molecule has 50 valence electrons. The largest absolute Gasteiger partial charge is 0.459 e. The van der Waals surface area contributed by atoms with Gasteiger partial charge in [0.15, 0.2) is 0 Å². The van der Waals surface area contributed by atoms with Crippen LogP contribution in [-0.4, -0.2) is 19.5 Å². The predicted octanol–water partition coefficient (Wildman–Crippen LogP) is 0.428. The number of carbonyl (C=O) groups excluding carboxylic acids is 1. The van der Waals surface area contributed by atoms with Gasteiger partial charge in [0, 0.05) is 5.92 Å². The fraction of sp³-hybridized carbons (Fsp3) is 0.400. The average Bonchev–Trinajstić information content (AvgIpc) is 1.83. The molecule has 0 bridgehead atoms. The van der Waals surface area contributed by atoms with Crippen molar-refractivity contribution < 1.29 is 18.3 Å². The second-order valence-electron chi connectivity index (χ2n) is 1.06. The number of halogens is 2. The molecule has 0 radical (unpaired) electrons. The van der Waals surface area contributed by atoms with E-state index in [1.807, 2.05) is 0 Å². The molecule has 0 aromatic carbocycles. The van der Waals surface area contributed by atoms with Gasteiger partial charge >= 0.3 is 5.97 Å². The van der Waals surface area contributed by atoms with Gasteiger partial charge in [-0.25, -0.2) is 4.79 Å². The molecule has 9 heavy (non-hydrogen) atoms. The van der Waals surface area contributed by atoms with Gasteiger partial charge in [-0.2, -0.15) is 8.78 Å². The van der Waals surface area contributed by atoms with Crippen LogP contribution in [0.15, 0.2) is 0 Å². The molecule has 0 rings (SSSR count). The van der Waals surface area contributed by atoms with E-state index in [0.29, 0.717) is 0 Å². The first-order valence-electron chi connectivity index (χ1n) is 2.04. The molecule has 0 amide bonds. The fourth-order valence-corrected chi connectivity index (χ4v) is 0.165. The summed E-state index contributed by atoms with van der Waals surface area (Å²) < 4.78 is 26.3. The van der Waals surface area contributed by atoms with Crippen molar-refractivity contribution in [3.8, 4) is 11.8 Å². The molecular weight excluding hydrogens is 130 g/mol. The normalized spacial score (nSPS) is 8.00. The maximum atomic E-state index is 11.2. The van der Waals surface area contributed by atoms with E-state index in [0.717, 1.165) is 7.11 Å². The van der Waals surface area contributed by atoms with Gasteiger partial charge in [-0.15, -0.1) is 0 Å². The summed E-state index contributed by atoms with van der Waals surface area (Å²) in [5, 5.41) is 0. The van der Waals surface area contributed by atoms with Gasteiger partial charge in [-0.1, -0.05) is 0 Å². The molecule has 4 heteroatoms. The molecule has 0 spiro atoms. The summed E-state index contributed by atoms with van der Waals surface area (Å²) in [6.45, 7) is 0. The third-order valence-corrected chi connectivity index (χ3v) is 0.469. The van der Waals surface area contributed by atoms with Crippen LogP contribution in [0.4, 0.5) is 8.78 Å². The lowest BCUT2D eigenvalue weighted by atomic mass is 10.6. The standard InChI is InChI=1S/C5H4F2O2/c1-9-5(8)3-2-4(6)7/h4H,1H3. The zero-order valence-corrected chi connectivity index (χ0v) is 4.65. The first kappa shape index (κ1) is 7.89. The second-order valence-corrected chi connectivity index (χ2v) is 1.06. The maximum absolute atomic E-state index is 11.2. The highest BCUT2D eigenvalue weighted by Gasteiger charge is 1.94. The van der Waals surface area contributed by atoms with Crippen LogP contribution in [0.1, 0.15) is 0 Å². The zero-order chi connectivity index (χ0) is 7.28. The quantitative estimate of drug-likeness (QED) is 0.273. The summed E-state index contributed by atoms with van der Waals surface area (Å²) in [6.07, 6.45) is -2.77. The molecule has 0 aliphatic heterocycles. The smallest absolute Gasteiger partial charge is 0.384 e. The highest BCUT2D eigenvalue weighted by atomic mass is 19.3. The summed E-state index contributed by atoms with van der Waals surface area (Å²) in [5.74, 6) is 1.96. The number of rotatable bonds is 0. The Bertz CT molecular complexity index is 154. The monoisotopic (exact) mass is 134 g/mol. The molecule has 0 aliphatic rings. The molecule has 0 saturated heterocycles. The summed E-state index contributed by atoms with van der Waals surface area (Å²) in [6, 6.07) is 0. The number of hydrogen-bond donors (Lipinski definition) is 0. The molecule has 0 aromatic heterocycles. The van der Waals surface area contributed by atoms with E-state index in [1.54, 1.807) is 5.92 Å². The number of alkyl halides is 2. The van der Waals surface area contributed by atoms with Gasteiger partial charge in [0.05, 0.1) is 7.11 Å². The van der Waals surface area contributed by atoms with Crippen LogP contribution < -0.4 is 0 Å². The van der Waals surface area contributed by atoms with Gasteiger partial charge in [0.25, 0.3) is 6.43 Å². The van der Waals surface area contributed by atoms with Gasteiger partial charge in [-0.3, -0.25) is 0 Å². The van der Waals surface area contributed by atoms with E-state index in [4.69, 9.17) is 0 Å². The first-order chi connectivity index (χ1) is 4.16. The highest BCUT2D eigenvalue weighted by molar-refractivity contribution is 5.88.